The highest BCUT2D eigenvalue weighted by Crippen LogP contribution is 2.47. The first kappa shape index (κ1) is 36.2. The van der Waals surface area contributed by atoms with Crippen LogP contribution in [0.15, 0.2) is 0 Å². The topological polar surface area (TPSA) is 168 Å². The summed E-state index contributed by atoms with van der Waals surface area (Å²) in [6.45, 7) is 15.7. The molecule has 5 N–H and O–H groups in total. The van der Waals surface area contributed by atoms with Crippen LogP contribution in [0.2, 0.25) is 0 Å². The smallest absolute Gasteiger partial charge is 0.316 e. The fraction of sp³-hybridized carbons (Fsp3) is 0.812. The van der Waals surface area contributed by atoms with Gasteiger partial charge in [-0.1, -0.05) is 81.1 Å². The molecule has 0 aromatic heterocycles. The van der Waals surface area contributed by atoms with Gasteiger partial charge in [0.05, 0.1) is 12.1 Å². The van der Waals surface area contributed by atoms with E-state index in [4.69, 9.17) is 5.73 Å². The van der Waals surface area contributed by atoms with Gasteiger partial charge in [0, 0.05) is 12.0 Å². The van der Waals surface area contributed by atoms with E-state index in [1.807, 2.05) is 41.5 Å². The van der Waals surface area contributed by atoms with E-state index < -0.39 is 64.5 Å². The fourth-order valence-electron chi connectivity index (χ4n) is 5.51. The average Bonchev–Trinajstić information content (AvgIpc) is 3.44. The highest BCUT2D eigenvalue weighted by atomic mass is 16.2. The molecule has 5 amide bonds. The summed E-state index contributed by atoms with van der Waals surface area (Å²) in [6.07, 6.45) is 7.05. The maximum atomic E-state index is 13.8. The van der Waals surface area contributed by atoms with Crippen molar-refractivity contribution in [3.05, 3.63) is 0 Å². The van der Waals surface area contributed by atoms with Crippen molar-refractivity contribution in [1.82, 2.24) is 20.9 Å². The average molecular weight is 606 g/mol. The minimum absolute atomic E-state index is 0.00507. The van der Waals surface area contributed by atoms with Crippen LogP contribution >= 0.6 is 0 Å². The standard InChI is InChI=1S/C29H47N5O6.C3H8/c1-16(2)20(23(36)29(6)12-13-29)32-27(40)33-22(28(3,4)5)26(39)34-14-8-11-19(34)25(38)31-18(21(35)24(30)37)15-17-9-7-10-17;1-3-2/h16-20,22H,7-15H2,1-6H3,(H2,30,37)(H,31,38)(H2,32,33,40);3H2,1-2H3. The van der Waals surface area contributed by atoms with Gasteiger partial charge >= 0.3 is 6.03 Å². The molecule has 1 heterocycles. The lowest BCUT2D eigenvalue weighted by molar-refractivity contribution is -0.143. The van der Waals surface area contributed by atoms with Crippen LogP contribution < -0.4 is 21.7 Å². The molecular weight excluding hydrogens is 550 g/mol. The largest absolute Gasteiger partial charge is 0.363 e. The number of nitrogens with two attached hydrogens (primary N) is 1. The van der Waals surface area contributed by atoms with E-state index in [0.29, 0.717) is 25.8 Å². The molecule has 43 heavy (non-hydrogen) atoms. The maximum Gasteiger partial charge on any atom is 0.316 e. The highest BCUT2D eigenvalue weighted by Gasteiger charge is 2.49. The van der Waals surface area contributed by atoms with Crippen molar-refractivity contribution in [1.29, 1.82) is 0 Å². The number of Topliss-reactive ketones (excluding diaryl/α,β-unsaturated/α-hetero) is 2. The molecule has 0 aromatic rings. The first-order chi connectivity index (χ1) is 20.0. The number of rotatable bonds is 12. The molecule has 2 saturated carbocycles. The molecule has 11 nitrogen and oxygen atoms in total. The number of hydrogen-bond donors (Lipinski definition) is 4. The van der Waals surface area contributed by atoms with Gasteiger partial charge in [-0.15, -0.1) is 0 Å². The van der Waals surface area contributed by atoms with Gasteiger partial charge in [0.25, 0.3) is 5.91 Å². The van der Waals surface area contributed by atoms with Gasteiger partial charge in [-0.25, -0.2) is 4.79 Å². The molecule has 0 bridgehead atoms. The molecule has 4 atom stereocenters. The van der Waals surface area contributed by atoms with E-state index >= 15 is 0 Å². The van der Waals surface area contributed by atoms with Crippen molar-refractivity contribution in [2.24, 2.45) is 28.4 Å². The number of likely N-dealkylation sites (tertiary alicyclic amines) is 1. The van der Waals surface area contributed by atoms with Gasteiger partial charge in [0.2, 0.25) is 17.6 Å². The number of ketones is 2. The van der Waals surface area contributed by atoms with E-state index in [1.54, 1.807) is 0 Å². The minimum Gasteiger partial charge on any atom is -0.363 e. The number of carbonyl (C=O) groups is 6. The number of nitrogens with zero attached hydrogens (tertiary/aromatic N) is 1. The second-order valence-electron chi connectivity index (χ2n) is 14.3. The fourth-order valence-corrected chi connectivity index (χ4v) is 5.51. The molecule has 0 aromatic carbocycles. The van der Waals surface area contributed by atoms with Crippen LogP contribution in [0.3, 0.4) is 0 Å². The Bertz CT molecular complexity index is 1040. The van der Waals surface area contributed by atoms with Gasteiger partial charge in [0.15, 0.2) is 5.78 Å². The predicted molar refractivity (Wildman–Crippen MR) is 165 cm³/mol. The van der Waals surface area contributed by atoms with Crippen LogP contribution in [0.5, 0.6) is 0 Å². The zero-order valence-corrected chi connectivity index (χ0v) is 27.5. The monoisotopic (exact) mass is 605 g/mol. The lowest BCUT2D eigenvalue weighted by atomic mass is 9.80. The molecular formula is C32H55N5O6. The van der Waals surface area contributed by atoms with Crippen LogP contribution in [0, 0.1) is 22.7 Å². The van der Waals surface area contributed by atoms with Crippen LogP contribution in [-0.2, 0) is 24.0 Å². The summed E-state index contributed by atoms with van der Waals surface area (Å²) < 4.78 is 0. The lowest BCUT2D eigenvalue weighted by Crippen LogP contribution is -2.61. The number of amides is 5. The SMILES string of the molecule is CC(C)C(NC(=O)NC(C(=O)N1CCCC1C(=O)NC(CC1CCC1)C(=O)C(N)=O)C(C)(C)C)C(=O)C1(C)CC1.CCC. The molecule has 11 heteroatoms. The Kier molecular flexibility index (Phi) is 12.8. The molecule has 2 aliphatic carbocycles. The Hall–Kier alpha value is -2.98. The lowest BCUT2D eigenvalue weighted by Gasteiger charge is -2.36. The Morgan fingerprint density at radius 3 is 1.95 bits per heavy atom. The second kappa shape index (κ2) is 15.1. The van der Waals surface area contributed by atoms with Gasteiger partial charge in [-0.05, 0) is 49.4 Å². The molecule has 3 aliphatic rings. The third kappa shape index (κ3) is 9.76. The highest BCUT2D eigenvalue weighted by molar-refractivity contribution is 6.37. The molecule has 4 unspecified atom stereocenters. The number of hydrogen-bond acceptors (Lipinski definition) is 6. The third-order valence-electron chi connectivity index (χ3n) is 8.73. The van der Waals surface area contributed by atoms with E-state index in [9.17, 15) is 28.8 Å². The van der Waals surface area contributed by atoms with Crippen LogP contribution in [-0.4, -0.2) is 70.9 Å². The maximum absolute atomic E-state index is 13.8. The molecule has 0 spiro atoms. The van der Waals surface area contributed by atoms with E-state index in [1.165, 1.54) is 11.3 Å². The summed E-state index contributed by atoms with van der Waals surface area (Å²) in [6, 6.07) is -4.12. The summed E-state index contributed by atoms with van der Waals surface area (Å²) in [5.74, 6) is -2.75. The van der Waals surface area contributed by atoms with Crippen LogP contribution in [0.4, 0.5) is 4.79 Å². The number of primary amides is 1. The Balaban J connectivity index is 0.00000206. The van der Waals surface area contributed by atoms with Gasteiger partial charge in [-0.3, -0.25) is 24.0 Å². The first-order valence-corrected chi connectivity index (χ1v) is 16.0. The molecule has 0 radical (unpaired) electrons. The van der Waals surface area contributed by atoms with Crippen molar-refractivity contribution in [2.75, 3.05) is 6.54 Å². The summed E-state index contributed by atoms with van der Waals surface area (Å²) in [5.41, 5.74) is 4.12. The molecule has 1 aliphatic heterocycles. The predicted octanol–water partition coefficient (Wildman–Crippen LogP) is 3.23. The molecule has 3 fully saturated rings. The quantitative estimate of drug-likeness (QED) is 0.249. The van der Waals surface area contributed by atoms with Crippen molar-refractivity contribution in [3.8, 4) is 0 Å². The molecule has 1 saturated heterocycles. The third-order valence-corrected chi connectivity index (χ3v) is 8.73. The van der Waals surface area contributed by atoms with Crippen LogP contribution in [0.25, 0.3) is 0 Å². The zero-order valence-electron chi connectivity index (χ0n) is 27.5. The first-order valence-electron chi connectivity index (χ1n) is 16.0. The van der Waals surface area contributed by atoms with Gasteiger partial charge in [-0.2, -0.15) is 0 Å². The van der Waals surface area contributed by atoms with E-state index in [0.717, 1.165) is 32.1 Å². The van der Waals surface area contributed by atoms with Gasteiger partial charge in [0.1, 0.15) is 12.1 Å². The van der Waals surface area contributed by atoms with Crippen molar-refractivity contribution in [2.45, 2.75) is 137 Å². The molecule has 3 rings (SSSR count). The van der Waals surface area contributed by atoms with Crippen molar-refractivity contribution >= 4 is 35.3 Å². The minimum atomic E-state index is -1.10. The number of nitrogens with one attached hydrogen (secondary N) is 3. The summed E-state index contributed by atoms with van der Waals surface area (Å²) in [5, 5.41) is 8.27. The number of urea groups is 1. The zero-order chi connectivity index (χ0) is 32.7. The Labute approximate surface area is 257 Å². The number of carbonyl (C=O) groups excluding carboxylic acids is 6. The van der Waals surface area contributed by atoms with Gasteiger partial charge < -0.3 is 26.6 Å². The second-order valence-corrected chi connectivity index (χ2v) is 14.3. The van der Waals surface area contributed by atoms with E-state index in [-0.39, 0.29) is 17.6 Å². The van der Waals surface area contributed by atoms with Crippen LogP contribution in [0.1, 0.15) is 113 Å². The summed E-state index contributed by atoms with van der Waals surface area (Å²) in [4.78, 5) is 78.8. The summed E-state index contributed by atoms with van der Waals surface area (Å²) >= 11 is 0. The normalized spacial score (nSPS) is 21.3. The molecule has 244 valence electrons. The Morgan fingerprint density at radius 2 is 1.51 bits per heavy atom. The Morgan fingerprint density at radius 1 is 0.930 bits per heavy atom. The van der Waals surface area contributed by atoms with Crippen molar-refractivity contribution < 1.29 is 28.8 Å². The van der Waals surface area contributed by atoms with E-state index in [2.05, 4.69) is 29.8 Å². The van der Waals surface area contributed by atoms with Crippen molar-refractivity contribution in [3.63, 3.8) is 0 Å². The summed E-state index contributed by atoms with van der Waals surface area (Å²) in [7, 11) is 0.